The van der Waals surface area contributed by atoms with Gasteiger partial charge in [-0.25, -0.2) is 13.6 Å². The molecule has 1 atom stereocenters. The van der Waals surface area contributed by atoms with Gasteiger partial charge in [0.1, 0.15) is 4.90 Å². The van der Waals surface area contributed by atoms with E-state index in [2.05, 4.69) is 5.32 Å². The number of hydrogen-bond acceptors (Lipinski definition) is 4. The number of halogens is 1. The largest absolute Gasteiger partial charge is 0.396 e. The Morgan fingerprint density at radius 1 is 1.14 bits per heavy atom. The van der Waals surface area contributed by atoms with Gasteiger partial charge in [-0.3, -0.25) is 0 Å². The fourth-order valence-electron chi connectivity index (χ4n) is 1.99. The van der Waals surface area contributed by atoms with Crippen LogP contribution in [-0.2, 0) is 10.0 Å². The highest BCUT2D eigenvalue weighted by molar-refractivity contribution is 7.89. The number of para-hydroxylation sites is 1. The lowest BCUT2D eigenvalue weighted by Crippen LogP contribution is -2.16. The Bertz CT molecular complexity index is 745. The summed E-state index contributed by atoms with van der Waals surface area (Å²) in [5.41, 5.74) is 7.51. The molecule has 0 aliphatic heterocycles. The van der Waals surface area contributed by atoms with Crippen molar-refractivity contribution in [2.24, 2.45) is 5.14 Å². The SMILES string of the molecule is CC(Nc1cccc(S(N)(=O)=O)c1N)c1ccc(Cl)cc1. The van der Waals surface area contributed by atoms with E-state index >= 15 is 0 Å². The van der Waals surface area contributed by atoms with Crippen LogP contribution in [0.2, 0.25) is 5.02 Å². The summed E-state index contributed by atoms with van der Waals surface area (Å²) in [6.07, 6.45) is 0. The molecule has 0 aliphatic carbocycles. The fraction of sp³-hybridized carbons (Fsp3) is 0.143. The molecule has 0 aliphatic rings. The molecule has 5 nitrogen and oxygen atoms in total. The highest BCUT2D eigenvalue weighted by atomic mass is 35.5. The van der Waals surface area contributed by atoms with Gasteiger partial charge in [-0.1, -0.05) is 29.8 Å². The second-order valence-corrected chi connectivity index (χ2v) is 6.65. The van der Waals surface area contributed by atoms with Gasteiger partial charge in [-0.05, 0) is 36.8 Å². The molecule has 0 amide bonds. The lowest BCUT2D eigenvalue weighted by atomic mass is 10.1. The monoisotopic (exact) mass is 325 g/mol. The fourth-order valence-corrected chi connectivity index (χ4v) is 2.80. The number of primary sulfonamides is 1. The van der Waals surface area contributed by atoms with Crippen molar-refractivity contribution in [2.45, 2.75) is 17.9 Å². The topological polar surface area (TPSA) is 98.2 Å². The van der Waals surface area contributed by atoms with Crippen molar-refractivity contribution < 1.29 is 8.42 Å². The zero-order valence-corrected chi connectivity index (χ0v) is 12.9. The van der Waals surface area contributed by atoms with Crippen LogP contribution in [0.1, 0.15) is 18.5 Å². The second-order valence-electron chi connectivity index (χ2n) is 4.68. The molecule has 0 fully saturated rings. The zero-order chi connectivity index (χ0) is 15.6. The van der Waals surface area contributed by atoms with Crippen LogP contribution in [-0.4, -0.2) is 8.42 Å². The van der Waals surface area contributed by atoms with Crippen molar-refractivity contribution in [2.75, 3.05) is 11.1 Å². The van der Waals surface area contributed by atoms with Gasteiger partial charge in [0, 0.05) is 11.1 Å². The molecule has 0 saturated carbocycles. The predicted octanol–water partition coefficient (Wildman–Crippen LogP) is 2.74. The van der Waals surface area contributed by atoms with Gasteiger partial charge in [0.2, 0.25) is 10.0 Å². The van der Waals surface area contributed by atoms with Gasteiger partial charge in [-0.2, -0.15) is 0 Å². The van der Waals surface area contributed by atoms with E-state index in [1.54, 1.807) is 24.3 Å². The maximum atomic E-state index is 11.5. The van der Waals surface area contributed by atoms with Crippen molar-refractivity contribution in [1.29, 1.82) is 0 Å². The minimum Gasteiger partial charge on any atom is -0.396 e. The molecule has 0 radical (unpaired) electrons. The summed E-state index contributed by atoms with van der Waals surface area (Å²) in [4.78, 5) is -0.0872. The third-order valence-electron chi connectivity index (χ3n) is 3.11. The highest BCUT2D eigenvalue weighted by Gasteiger charge is 2.16. The number of nitrogens with two attached hydrogens (primary N) is 2. The number of sulfonamides is 1. The van der Waals surface area contributed by atoms with Crippen LogP contribution < -0.4 is 16.2 Å². The van der Waals surface area contributed by atoms with Gasteiger partial charge in [0.25, 0.3) is 0 Å². The molecule has 2 rings (SSSR count). The van der Waals surface area contributed by atoms with E-state index in [4.69, 9.17) is 22.5 Å². The van der Waals surface area contributed by atoms with Gasteiger partial charge in [-0.15, -0.1) is 0 Å². The summed E-state index contributed by atoms with van der Waals surface area (Å²) in [7, 11) is -3.84. The molecule has 2 aromatic rings. The predicted molar refractivity (Wildman–Crippen MR) is 85.7 cm³/mol. The Kier molecular flexibility index (Phi) is 4.41. The Morgan fingerprint density at radius 2 is 1.76 bits per heavy atom. The molecule has 7 heteroatoms. The first kappa shape index (κ1) is 15.6. The van der Waals surface area contributed by atoms with Crippen LogP contribution in [0.15, 0.2) is 47.4 Å². The first-order chi connectivity index (χ1) is 9.79. The second kappa shape index (κ2) is 5.93. The summed E-state index contributed by atoms with van der Waals surface area (Å²) in [5.74, 6) is 0. The average molecular weight is 326 g/mol. The van der Waals surface area contributed by atoms with E-state index in [0.29, 0.717) is 10.7 Å². The van der Waals surface area contributed by atoms with Gasteiger partial charge in [0.15, 0.2) is 0 Å². The van der Waals surface area contributed by atoms with Crippen LogP contribution in [0.25, 0.3) is 0 Å². The highest BCUT2D eigenvalue weighted by Crippen LogP contribution is 2.29. The first-order valence-corrected chi connectivity index (χ1v) is 8.15. The lowest BCUT2D eigenvalue weighted by Gasteiger charge is -2.18. The number of benzene rings is 2. The summed E-state index contributed by atoms with van der Waals surface area (Å²) < 4.78 is 22.9. The molecule has 0 aromatic heterocycles. The van der Waals surface area contributed by atoms with Gasteiger partial charge < -0.3 is 11.1 Å². The Balaban J connectivity index is 2.30. The average Bonchev–Trinajstić information content (AvgIpc) is 2.40. The molecular formula is C14H16ClN3O2S. The molecule has 2 aromatic carbocycles. The van der Waals surface area contributed by atoms with Crippen molar-refractivity contribution in [3.8, 4) is 0 Å². The van der Waals surface area contributed by atoms with Crippen molar-refractivity contribution >= 4 is 33.0 Å². The molecule has 0 heterocycles. The Labute approximate surface area is 129 Å². The van der Waals surface area contributed by atoms with Crippen LogP contribution in [0.3, 0.4) is 0 Å². The van der Waals surface area contributed by atoms with Crippen LogP contribution in [0, 0.1) is 0 Å². The van der Waals surface area contributed by atoms with E-state index in [1.165, 1.54) is 6.07 Å². The Morgan fingerprint density at radius 3 is 2.33 bits per heavy atom. The number of nitrogen functional groups attached to an aromatic ring is 1. The summed E-state index contributed by atoms with van der Waals surface area (Å²) in [6, 6.07) is 12.0. The standard InChI is InChI=1S/C14H16ClN3O2S/c1-9(10-5-7-11(15)8-6-10)18-12-3-2-4-13(14(12)16)21(17,19)20/h2-9,18H,16H2,1H3,(H2,17,19,20). The molecule has 0 saturated heterocycles. The number of nitrogens with one attached hydrogen (secondary N) is 1. The molecular weight excluding hydrogens is 310 g/mol. The third kappa shape index (κ3) is 3.66. The molecule has 1 unspecified atom stereocenters. The minimum absolute atomic E-state index is 0.0692. The molecule has 112 valence electrons. The maximum Gasteiger partial charge on any atom is 0.240 e. The summed E-state index contributed by atoms with van der Waals surface area (Å²) >= 11 is 5.85. The summed E-state index contributed by atoms with van der Waals surface area (Å²) in [5, 5.41) is 8.96. The minimum atomic E-state index is -3.84. The first-order valence-electron chi connectivity index (χ1n) is 6.22. The van der Waals surface area contributed by atoms with Gasteiger partial charge in [0.05, 0.1) is 11.4 Å². The van der Waals surface area contributed by atoms with Gasteiger partial charge >= 0.3 is 0 Å². The number of anilines is 2. The number of rotatable bonds is 4. The maximum absolute atomic E-state index is 11.5. The molecule has 21 heavy (non-hydrogen) atoms. The normalized spacial score (nSPS) is 12.9. The van der Waals surface area contributed by atoms with Crippen LogP contribution in [0.4, 0.5) is 11.4 Å². The van der Waals surface area contributed by atoms with E-state index in [0.717, 1.165) is 5.56 Å². The number of hydrogen-bond donors (Lipinski definition) is 3. The molecule has 0 bridgehead atoms. The molecule has 0 spiro atoms. The Hall–Kier alpha value is -1.76. The molecule has 5 N–H and O–H groups in total. The summed E-state index contributed by atoms with van der Waals surface area (Å²) in [6.45, 7) is 1.94. The lowest BCUT2D eigenvalue weighted by molar-refractivity contribution is 0.598. The quantitative estimate of drug-likeness (QED) is 0.753. The van der Waals surface area contributed by atoms with E-state index in [-0.39, 0.29) is 16.6 Å². The zero-order valence-electron chi connectivity index (χ0n) is 11.4. The van der Waals surface area contributed by atoms with Crippen LogP contribution >= 0.6 is 11.6 Å². The van der Waals surface area contributed by atoms with E-state index in [1.807, 2.05) is 19.1 Å². The third-order valence-corrected chi connectivity index (χ3v) is 4.34. The van der Waals surface area contributed by atoms with Crippen LogP contribution in [0.5, 0.6) is 0 Å². The van der Waals surface area contributed by atoms with E-state index in [9.17, 15) is 8.42 Å². The van der Waals surface area contributed by atoms with Crippen molar-refractivity contribution in [3.05, 3.63) is 53.1 Å². The van der Waals surface area contributed by atoms with E-state index < -0.39 is 10.0 Å². The van der Waals surface area contributed by atoms with Crippen molar-refractivity contribution in [1.82, 2.24) is 0 Å². The van der Waals surface area contributed by atoms with Crippen molar-refractivity contribution in [3.63, 3.8) is 0 Å². The smallest absolute Gasteiger partial charge is 0.240 e.